The topological polar surface area (TPSA) is 47.6 Å². The summed E-state index contributed by atoms with van der Waals surface area (Å²) >= 11 is 0. The maximum Gasteiger partial charge on any atom is 0.223 e. The van der Waals surface area contributed by atoms with Gasteiger partial charge in [-0.25, -0.2) is 0 Å². The number of nitrogens with one attached hydrogen (secondary N) is 2. The van der Waals surface area contributed by atoms with Gasteiger partial charge in [0.25, 0.3) is 0 Å². The molecule has 126 valence electrons. The zero-order valence-electron chi connectivity index (χ0n) is 14.2. The first-order chi connectivity index (χ1) is 11.1. The van der Waals surface area contributed by atoms with Crippen molar-refractivity contribution in [2.75, 3.05) is 26.2 Å². The highest BCUT2D eigenvalue weighted by Gasteiger charge is 2.32. The van der Waals surface area contributed by atoms with E-state index < -0.39 is 0 Å². The molecule has 2 saturated heterocycles. The average molecular weight is 316 g/mol. The van der Waals surface area contributed by atoms with Gasteiger partial charge < -0.3 is 5.32 Å². The van der Waals surface area contributed by atoms with Crippen molar-refractivity contribution in [1.29, 1.82) is 0 Å². The van der Waals surface area contributed by atoms with Crippen molar-refractivity contribution >= 4 is 5.91 Å². The van der Waals surface area contributed by atoms with Crippen LogP contribution in [0.2, 0.25) is 0 Å². The summed E-state index contributed by atoms with van der Waals surface area (Å²) in [5, 5.41) is 6.69. The van der Waals surface area contributed by atoms with E-state index in [1.807, 2.05) is 0 Å². The zero-order chi connectivity index (χ0) is 16.2. The maximum absolute atomic E-state index is 11.9. The van der Waals surface area contributed by atoms with E-state index in [1.54, 1.807) is 0 Å². The van der Waals surface area contributed by atoms with E-state index in [0.717, 1.165) is 32.7 Å². The Bertz CT molecular complexity index is 511. The summed E-state index contributed by atoms with van der Waals surface area (Å²) in [6, 6.07) is 10.9. The van der Waals surface area contributed by atoms with Crippen molar-refractivity contribution in [2.24, 2.45) is 5.92 Å². The molecule has 23 heavy (non-hydrogen) atoms. The summed E-state index contributed by atoms with van der Waals surface area (Å²) in [5.74, 6) is 0.641. The Kier molecular flexibility index (Phi) is 5.30. The van der Waals surface area contributed by atoms with Crippen LogP contribution in [-0.4, -0.2) is 54.2 Å². The first-order valence-electron chi connectivity index (χ1n) is 8.67. The van der Waals surface area contributed by atoms with Gasteiger partial charge >= 0.3 is 0 Å². The normalized spacial score (nSPS) is 27.2. The molecule has 2 fully saturated rings. The molecule has 2 unspecified atom stereocenters. The summed E-state index contributed by atoms with van der Waals surface area (Å²) in [6.45, 7) is 9.39. The molecule has 0 radical (unpaired) electrons. The van der Waals surface area contributed by atoms with Crippen LogP contribution in [0.5, 0.6) is 0 Å². The van der Waals surface area contributed by atoms with E-state index in [0.29, 0.717) is 12.3 Å². The van der Waals surface area contributed by atoms with Crippen LogP contribution in [-0.2, 0) is 11.3 Å². The molecule has 2 aliphatic rings. The van der Waals surface area contributed by atoms with E-state index in [9.17, 15) is 4.79 Å². The summed E-state index contributed by atoms with van der Waals surface area (Å²) < 4.78 is 0. The lowest BCUT2D eigenvalue weighted by atomic mass is 9.99. The van der Waals surface area contributed by atoms with Gasteiger partial charge in [0, 0.05) is 45.2 Å². The van der Waals surface area contributed by atoms with Gasteiger partial charge in [-0.2, -0.15) is 0 Å². The highest BCUT2D eigenvalue weighted by Crippen LogP contribution is 2.15. The van der Waals surface area contributed by atoms with Crippen molar-refractivity contribution in [3.8, 4) is 0 Å². The van der Waals surface area contributed by atoms with Gasteiger partial charge in [0.15, 0.2) is 0 Å². The Labute approximate surface area is 139 Å². The molecular weight excluding hydrogens is 288 g/mol. The van der Waals surface area contributed by atoms with Crippen LogP contribution in [0.1, 0.15) is 25.8 Å². The number of hydrogen-bond acceptors (Lipinski definition) is 4. The molecular formula is C18H28N4O. The average Bonchev–Trinajstić information content (AvgIpc) is 2.56. The third kappa shape index (κ3) is 4.31. The molecule has 0 spiro atoms. The van der Waals surface area contributed by atoms with Gasteiger partial charge in [-0.05, 0) is 11.5 Å². The van der Waals surface area contributed by atoms with E-state index in [-0.39, 0.29) is 18.2 Å². The molecule has 1 amide bonds. The van der Waals surface area contributed by atoms with Crippen molar-refractivity contribution in [3.63, 3.8) is 0 Å². The SMILES string of the molecule is CC(C)C1CC(=O)NC(N2CCN(Cc3ccccc3)CC2)N1. The van der Waals surface area contributed by atoms with E-state index in [1.165, 1.54) is 5.56 Å². The molecule has 1 aromatic rings. The minimum atomic E-state index is -0.0116. The fraction of sp³-hybridized carbons (Fsp3) is 0.611. The van der Waals surface area contributed by atoms with Gasteiger partial charge in [-0.1, -0.05) is 44.2 Å². The molecule has 5 nitrogen and oxygen atoms in total. The second-order valence-electron chi connectivity index (χ2n) is 6.99. The maximum atomic E-state index is 11.9. The minimum Gasteiger partial charge on any atom is -0.328 e. The standard InChI is InChI=1S/C18H28N4O/c1-14(2)16-12-17(23)20-18(19-16)22-10-8-21(9-11-22)13-15-6-4-3-5-7-15/h3-7,14,16,18-19H,8-13H2,1-2H3,(H,20,23). The van der Waals surface area contributed by atoms with Crippen molar-refractivity contribution in [2.45, 2.75) is 39.1 Å². The first-order valence-corrected chi connectivity index (χ1v) is 8.67. The second kappa shape index (κ2) is 7.43. The predicted octanol–water partition coefficient (Wildman–Crippen LogP) is 1.22. The largest absolute Gasteiger partial charge is 0.328 e. The van der Waals surface area contributed by atoms with Crippen LogP contribution in [0.15, 0.2) is 30.3 Å². The number of carbonyl (C=O) groups excluding carboxylic acids is 1. The van der Waals surface area contributed by atoms with Crippen LogP contribution in [0.25, 0.3) is 0 Å². The third-order valence-corrected chi connectivity index (χ3v) is 4.90. The zero-order valence-corrected chi connectivity index (χ0v) is 14.2. The minimum absolute atomic E-state index is 0.0116. The Hall–Kier alpha value is -1.43. The molecule has 5 heteroatoms. The third-order valence-electron chi connectivity index (χ3n) is 4.90. The first kappa shape index (κ1) is 16.4. The van der Waals surface area contributed by atoms with Crippen LogP contribution < -0.4 is 10.6 Å². The Morgan fingerprint density at radius 1 is 1.13 bits per heavy atom. The lowest BCUT2D eigenvalue weighted by Gasteiger charge is -2.43. The highest BCUT2D eigenvalue weighted by molar-refractivity contribution is 5.77. The Morgan fingerprint density at radius 2 is 1.83 bits per heavy atom. The second-order valence-corrected chi connectivity index (χ2v) is 6.99. The van der Waals surface area contributed by atoms with Gasteiger partial charge in [0.2, 0.25) is 5.91 Å². The lowest BCUT2D eigenvalue weighted by molar-refractivity contribution is -0.128. The number of amides is 1. The number of carbonyl (C=O) groups is 1. The number of nitrogens with zero attached hydrogens (tertiary/aromatic N) is 2. The van der Waals surface area contributed by atoms with Crippen LogP contribution in [0.3, 0.4) is 0 Å². The quantitative estimate of drug-likeness (QED) is 0.877. The molecule has 2 atom stereocenters. The Balaban J connectivity index is 1.51. The molecule has 0 aromatic heterocycles. The van der Waals surface area contributed by atoms with Crippen LogP contribution in [0.4, 0.5) is 0 Å². The smallest absolute Gasteiger partial charge is 0.223 e. The van der Waals surface area contributed by atoms with Gasteiger partial charge in [-0.15, -0.1) is 0 Å². The predicted molar refractivity (Wildman–Crippen MR) is 91.6 cm³/mol. The van der Waals surface area contributed by atoms with Crippen molar-refractivity contribution < 1.29 is 4.79 Å². The van der Waals surface area contributed by atoms with Crippen LogP contribution >= 0.6 is 0 Å². The summed E-state index contributed by atoms with van der Waals surface area (Å²) in [7, 11) is 0. The summed E-state index contributed by atoms with van der Waals surface area (Å²) in [6.07, 6.45) is 0.574. The van der Waals surface area contributed by atoms with Crippen molar-refractivity contribution in [1.82, 2.24) is 20.4 Å². The van der Waals surface area contributed by atoms with Gasteiger partial charge in [0.05, 0.1) is 0 Å². The molecule has 0 bridgehead atoms. The summed E-state index contributed by atoms with van der Waals surface area (Å²) in [5.41, 5.74) is 1.37. The lowest BCUT2D eigenvalue weighted by Crippen LogP contribution is -2.67. The Morgan fingerprint density at radius 3 is 2.48 bits per heavy atom. The summed E-state index contributed by atoms with van der Waals surface area (Å²) in [4.78, 5) is 16.8. The number of benzene rings is 1. The molecule has 2 aliphatic heterocycles. The van der Waals surface area contributed by atoms with Crippen molar-refractivity contribution in [3.05, 3.63) is 35.9 Å². The number of rotatable bonds is 4. The number of piperazine rings is 1. The van der Waals surface area contributed by atoms with E-state index in [2.05, 4.69) is 64.6 Å². The molecule has 0 aliphatic carbocycles. The molecule has 2 heterocycles. The monoisotopic (exact) mass is 316 g/mol. The van der Waals surface area contributed by atoms with Gasteiger partial charge in [0.1, 0.15) is 6.29 Å². The molecule has 1 aromatic carbocycles. The van der Waals surface area contributed by atoms with Gasteiger partial charge in [-0.3, -0.25) is 19.9 Å². The van der Waals surface area contributed by atoms with E-state index >= 15 is 0 Å². The fourth-order valence-corrected chi connectivity index (χ4v) is 3.36. The highest BCUT2D eigenvalue weighted by atomic mass is 16.2. The number of hydrogen-bond donors (Lipinski definition) is 2. The molecule has 3 rings (SSSR count). The van der Waals surface area contributed by atoms with Crippen LogP contribution in [0, 0.1) is 5.92 Å². The molecule has 0 saturated carbocycles. The van der Waals surface area contributed by atoms with E-state index in [4.69, 9.17) is 0 Å². The fourth-order valence-electron chi connectivity index (χ4n) is 3.36. The molecule has 2 N–H and O–H groups in total.